The zero-order chi connectivity index (χ0) is 18.8. The smallest absolute Gasteiger partial charge is 0.726 e. The van der Waals surface area contributed by atoms with E-state index in [1.54, 1.807) is 0 Å². The molecule has 0 aromatic heterocycles. The Morgan fingerprint density at radius 2 is 1.04 bits per heavy atom. The van der Waals surface area contributed by atoms with Crippen molar-refractivity contribution in [3.05, 3.63) is 0 Å². The molecule has 0 saturated carbocycles. The van der Waals surface area contributed by atoms with Gasteiger partial charge in [0.25, 0.3) is 0 Å². The number of unbranched alkanes of at least 4 members (excludes halogenated alkanes) is 12. The molecular formula is C20H41NaO4S. The van der Waals surface area contributed by atoms with E-state index < -0.39 is 10.4 Å². The first-order valence-electron chi connectivity index (χ1n) is 10.6. The molecule has 0 aliphatic heterocycles. The summed E-state index contributed by atoms with van der Waals surface area (Å²) in [5, 5.41) is 0. The average molecular weight is 401 g/mol. The molecule has 26 heavy (non-hydrogen) atoms. The Hall–Kier alpha value is 0.870. The van der Waals surface area contributed by atoms with Gasteiger partial charge in [-0.05, 0) is 18.8 Å². The van der Waals surface area contributed by atoms with Crippen molar-refractivity contribution < 1.29 is 46.7 Å². The van der Waals surface area contributed by atoms with Crippen LogP contribution in [0.15, 0.2) is 0 Å². The van der Waals surface area contributed by atoms with E-state index in [0.29, 0.717) is 0 Å². The van der Waals surface area contributed by atoms with Crippen LogP contribution >= 0.6 is 0 Å². The molecule has 152 valence electrons. The van der Waals surface area contributed by atoms with Gasteiger partial charge < -0.3 is 4.55 Å². The van der Waals surface area contributed by atoms with Gasteiger partial charge in [-0.3, -0.25) is 4.18 Å². The van der Waals surface area contributed by atoms with E-state index in [1.165, 1.54) is 77.0 Å². The van der Waals surface area contributed by atoms with E-state index in [-0.39, 0.29) is 42.1 Å². The molecule has 0 N–H and O–H groups in total. The third kappa shape index (κ3) is 22.9. The monoisotopic (exact) mass is 400 g/mol. The predicted octanol–water partition coefficient (Wildman–Crippen LogP) is 3.36. The second-order valence-corrected chi connectivity index (χ2v) is 8.43. The minimum atomic E-state index is -4.56. The van der Waals surface area contributed by atoms with Crippen molar-refractivity contribution in [2.45, 2.75) is 117 Å². The van der Waals surface area contributed by atoms with Crippen molar-refractivity contribution in [3.8, 4) is 0 Å². The Morgan fingerprint density at radius 1 is 0.692 bits per heavy atom. The Morgan fingerprint density at radius 3 is 1.38 bits per heavy atom. The largest absolute Gasteiger partial charge is 1.00 e. The summed E-state index contributed by atoms with van der Waals surface area (Å²) in [4.78, 5) is 0. The summed E-state index contributed by atoms with van der Waals surface area (Å²) in [6, 6.07) is 0. The summed E-state index contributed by atoms with van der Waals surface area (Å²) in [5.41, 5.74) is 0. The molecular weight excluding hydrogens is 359 g/mol. The van der Waals surface area contributed by atoms with Crippen LogP contribution in [0.5, 0.6) is 0 Å². The van der Waals surface area contributed by atoms with Crippen LogP contribution in [-0.2, 0) is 14.6 Å². The molecule has 4 nitrogen and oxygen atoms in total. The minimum absolute atomic E-state index is 0. The van der Waals surface area contributed by atoms with Gasteiger partial charge in [0.1, 0.15) is 0 Å². The van der Waals surface area contributed by atoms with Crippen molar-refractivity contribution in [3.63, 3.8) is 0 Å². The van der Waals surface area contributed by atoms with Crippen molar-refractivity contribution in [1.82, 2.24) is 0 Å². The molecule has 6 heteroatoms. The molecule has 0 saturated heterocycles. The van der Waals surface area contributed by atoms with Crippen molar-refractivity contribution in [1.29, 1.82) is 0 Å². The van der Waals surface area contributed by atoms with E-state index in [0.717, 1.165) is 25.7 Å². The molecule has 0 bridgehead atoms. The molecule has 0 heterocycles. The maximum atomic E-state index is 10.7. The fourth-order valence-corrected chi connectivity index (χ4v) is 3.63. The minimum Gasteiger partial charge on any atom is -0.726 e. The van der Waals surface area contributed by atoms with E-state index in [1.807, 2.05) is 0 Å². The van der Waals surface area contributed by atoms with Gasteiger partial charge >= 0.3 is 29.6 Å². The van der Waals surface area contributed by atoms with Crippen molar-refractivity contribution in [2.24, 2.45) is 5.92 Å². The second-order valence-electron chi connectivity index (χ2n) is 7.38. The maximum absolute atomic E-state index is 10.7. The summed E-state index contributed by atoms with van der Waals surface area (Å²) < 4.78 is 36.6. The first kappa shape index (κ1) is 29.1. The number of hydrogen-bond acceptors (Lipinski definition) is 4. The zero-order valence-corrected chi connectivity index (χ0v) is 20.5. The predicted molar refractivity (Wildman–Crippen MR) is 104 cm³/mol. The molecule has 0 spiro atoms. The Balaban J connectivity index is 0. The van der Waals surface area contributed by atoms with Gasteiger partial charge in [-0.2, -0.15) is 0 Å². The quantitative estimate of drug-likeness (QED) is 0.144. The van der Waals surface area contributed by atoms with Gasteiger partial charge in [0.2, 0.25) is 10.4 Å². The van der Waals surface area contributed by atoms with Crippen molar-refractivity contribution in [2.75, 3.05) is 6.61 Å². The first-order chi connectivity index (χ1) is 12.0. The molecule has 0 aliphatic rings. The van der Waals surface area contributed by atoms with E-state index in [2.05, 4.69) is 18.0 Å². The van der Waals surface area contributed by atoms with Gasteiger partial charge in [-0.25, -0.2) is 8.42 Å². The summed E-state index contributed by atoms with van der Waals surface area (Å²) in [6.45, 7) is 4.51. The standard InChI is InChI=1S/C20H42O4S.Na/c1-3-5-7-9-11-12-14-16-18-20(19-24-25(21,22)23)17-15-13-10-8-6-4-2;/h20H,3-19H2,1-2H3,(H,21,22,23);/q;+1/p-1. The second kappa shape index (κ2) is 20.6. The van der Waals surface area contributed by atoms with Crippen LogP contribution in [-0.4, -0.2) is 19.6 Å². The van der Waals surface area contributed by atoms with Crippen LogP contribution in [0, 0.1) is 5.92 Å². The maximum Gasteiger partial charge on any atom is 1.00 e. The van der Waals surface area contributed by atoms with Crippen LogP contribution in [0.25, 0.3) is 0 Å². The third-order valence-electron chi connectivity index (χ3n) is 4.88. The van der Waals surface area contributed by atoms with Gasteiger partial charge in [0.05, 0.1) is 6.61 Å². The van der Waals surface area contributed by atoms with Gasteiger partial charge in [0, 0.05) is 0 Å². The fourth-order valence-electron chi connectivity index (χ4n) is 3.27. The normalized spacial score (nSPS) is 12.7. The van der Waals surface area contributed by atoms with Gasteiger partial charge in [0.15, 0.2) is 0 Å². The molecule has 0 amide bonds. The average Bonchev–Trinajstić information content (AvgIpc) is 2.56. The Bertz CT molecular complexity index is 374. The summed E-state index contributed by atoms with van der Waals surface area (Å²) in [6.07, 6.45) is 19.5. The van der Waals surface area contributed by atoms with Crippen LogP contribution in [0.1, 0.15) is 117 Å². The Labute approximate surface area is 185 Å². The molecule has 0 fully saturated rings. The van der Waals surface area contributed by atoms with Crippen LogP contribution in [0.3, 0.4) is 0 Å². The molecule has 1 atom stereocenters. The molecule has 0 aromatic carbocycles. The third-order valence-corrected chi connectivity index (χ3v) is 5.30. The SMILES string of the molecule is CCCCCCCCCCC(CCCCCCCC)COS(=O)(=O)[O-].[Na+]. The van der Waals surface area contributed by atoms with E-state index in [9.17, 15) is 13.0 Å². The van der Waals surface area contributed by atoms with Gasteiger partial charge in [-0.1, -0.05) is 104 Å². The summed E-state index contributed by atoms with van der Waals surface area (Å²) >= 11 is 0. The fraction of sp³-hybridized carbons (Fsp3) is 1.00. The summed E-state index contributed by atoms with van der Waals surface area (Å²) in [7, 11) is -4.56. The van der Waals surface area contributed by atoms with E-state index in [4.69, 9.17) is 0 Å². The number of hydrogen-bond donors (Lipinski definition) is 0. The molecule has 0 radical (unpaired) electrons. The topological polar surface area (TPSA) is 66.4 Å². The van der Waals surface area contributed by atoms with Crippen molar-refractivity contribution >= 4 is 10.4 Å². The molecule has 0 rings (SSSR count). The zero-order valence-electron chi connectivity index (χ0n) is 17.6. The van der Waals surface area contributed by atoms with Crippen LogP contribution in [0.2, 0.25) is 0 Å². The van der Waals surface area contributed by atoms with E-state index >= 15 is 0 Å². The molecule has 1 unspecified atom stereocenters. The number of rotatable bonds is 19. The van der Waals surface area contributed by atoms with Gasteiger partial charge in [-0.15, -0.1) is 0 Å². The molecule has 0 aliphatic carbocycles. The molecule has 0 aromatic rings. The Kier molecular flexibility index (Phi) is 23.0. The van der Waals surface area contributed by atoms with Crippen LogP contribution in [0.4, 0.5) is 0 Å². The van der Waals surface area contributed by atoms with Crippen LogP contribution < -0.4 is 29.6 Å². The first-order valence-corrected chi connectivity index (χ1v) is 11.9. The summed E-state index contributed by atoms with van der Waals surface area (Å²) in [5.74, 6) is 0.204.